The molecule has 0 aliphatic carbocycles. The van der Waals surface area contributed by atoms with Gasteiger partial charge in [-0.3, -0.25) is 4.79 Å². The van der Waals surface area contributed by atoms with Gasteiger partial charge in [0.1, 0.15) is 0 Å². The first-order chi connectivity index (χ1) is 8.52. The number of rotatable bonds is 5. The van der Waals surface area contributed by atoms with Crippen molar-refractivity contribution in [2.75, 3.05) is 19.6 Å². The standard InChI is InChI=1S/C13H22N2O3/c1-11(2)15(10-6-7-12(16)17)13(18)14-8-4-3-5-9-14/h3-4,11H,5-10H2,1-2H3,(H,16,17). The molecule has 5 nitrogen and oxygen atoms in total. The second kappa shape index (κ2) is 7.03. The van der Waals surface area contributed by atoms with Crippen LogP contribution in [0.1, 0.15) is 33.1 Å². The van der Waals surface area contributed by atoms with Crippen molar-refractivity contribution in [3.63, 3.8) is 0 Å². The van der Waals surface area contributed by atoms with E-state index >= 15 is 0 Å². The Morgan fingerprint density at radius 1 is 1.39 bits per heavy atom. The summed E-state index contributed by atoms with van der Waals surface area (Å²) in [6, 6.07) is 0.108. The number of carbonyl (C=O) groups is 2. The lowest BCUT2D eigenvalue weighted by atomic mass is 10.2. The fourth-order valence-electron chi connectivity index (χ4n) is 1.97. The van der Waals surface area contributed by atoms with Crippen LogP contribution in [0.2, 0.25) is 0 Å². The first-order valence-corrected chi connectivity index (χ1v) is 6.44. The van der Waals surface area contributed by atoms with Gasteiger partial charge in [0.25, 0.3) is 0 Å². The van der Waals surface area contributed by atoms with Crippen molar-refractivity contribution >= 4 is 12.0 Å². The molecule has 1 rings (SSSR count). The maximum absolute atomic E-state index is 12.3. The minimum absolute atomic E-state index is 0.0136. The lowest BCUT2D eigenvalue weighted by molar-refractivity contribution is -0.137. The highest BCUT2D eigenvalue weighted by atomic mass is 16.4. The van der Waals surface area contributed by atoms with Gasteiger partial charge in [-0.2, -0.15) is 0 Å². The highest BCUT2D eigenvalue weighted by Gasteiger charge is 2.22. The van der Waals surface area contributed by atoms with Crippen LogP contribution in [0.3, 0.4) is 0 Å². The minimum atomic E-state index is -0.813. The molecule has 0 atom stereocenters. The van der Waals surface area contributed by atoms with E-state index in [4.69, 9.17) is 5.11 Å². The van der Waals surface area contributed by atoms with E-state index in [0.29, 0.717) is 19.5 Å². The van der Waals surface area contributed by atoms with Crippen LogP contribution in [-0.2, 0) is 4.79 Å². The zero-order chi connectivity index (χ0) is 13.5. The third-order valence-electron chi connectivity index (χ3n) is 2.99. The summed E-state index contributed by atoms with van der Waals surface area (Å²) in [6.07, 6.45) is 5.58. The number of carboxylic acid groups (broad SMARTS) is 1. The third kappa shape index (κ3) is 4.39. The van der Waals surface area contributed by atoms with Gasteiger partial charge in [0.05, 0.1) is 0 Å². The molecule has 2 amide bonds. The molecule has 0 saturated carbocycles. The smallest absolute Gasteiger partial charge is 0.320 e. The molecule has 0 spiro atoms. The maximum Gasteiger partial charge on any atom is 0.320 e. The molecule has 0 fully saturated rings. The van der Waals surface area contributed by atoms with Gasteiger partial charge in [0.15, 0.2) is 0 Å². The first kappa shape index (κ1) is 14.5. The molecule has 0 saturated heterocycles. The van der Waals surface area contributed by atoms with Crippen molar-refractivity contribution in [2.45, 2.75) is 39.2 Å². The van der Waals surface area contributed by atoms with Crippen LogP contribution in [-0.4, -0.2) is 52.6 Å². The SMILES string of the molecule is CC(C)N(CCCC(=O)O)C(=O)N1CC=CCC1. The monoisotopic (exact) mass is 254 g/mol. The number of hydrogen-bond acceptors (Lipinski definition) is 2. The predicted molar refractivity (Wildman–Crippen MR) is 69.4 cm³/mol. The number of amides is 2. The fraction of sp³-hybridized carbons (Fsp3) is 0.692. The lowest BCUT2D eigenvalue weighted by Gasteiger charge is -2.33. The topological polar surface area (TPSA) is 60.9 Å². The summed E-state index contributed by atoms with van der Waals surface area (Å²) >= 11 is 0. The van der Waals surface area contributed by atoms with Crippen LogP contribution < -0.4 is 0 Å². The van der Waals surface area contributed by atoms with Crippen molar-refractivity contribution in [2.24, 2.45) is 0 Å². The van der Waals surface area contributed by atoms with Crippen molar-refractivity contribution in [1.29, 1.82) is 0 Å². The summed E-state index contributed by atoms with van der Waals surface area (Å²) in [5.74, 6) is -0.813. The number of aliphatic carboxylic acids is 1. The van der Waals surface area contributed by atoms with Crippen LogP contribution in [0, 0.1) is 0 Å². The Morgan fingerprint density at radius 2 is 2.11 bits per heavy atom. The van der Waals surface area contributed by atoms with E-state index in [9.17, 15) is 9.59 Å². The Balaban J connectivity index is 2.52. The Hall–Kier alpha value is -1.52. The van der Waals surface area contributed by atoms with E-state index in [1.165, 1.54) is 0 Å². The average Bonchev–Trinajstić information content (AvgIpc) is 2.34. The number of nitrogens with zero attached hydrogens (tertiary/aromatic N) is 2. The van der Waals surface area contributed by atoms with Gasteiger partial charge in [-0.25, -0.2) is 4.79 Å². The summed E-state index contributed by atoms with van der Waals surface area (Å²) in [6.45, 7) is 5.82. The molecule has 0 unspecified atom stereocenters. The second-order valence-corrected chi connectivity index (χ2v) is 4.77. The van der Waals surface area contributed by atoms with E-state index in [1.807, 2.05) is 19.9 Å². The minimum Gasteiger partial charge on any atom is -0.481 e. The summed E-state index contributed by atoms with van der Waals surface area (Å²) in [5, 5.41) is 8.63. The van der Waals surface area contributed by atoms with Gasteiger partial charge in [-0.15, -0.1) is 0 Å². The summed E-state index contributed by atoms with van der Waals surface area (Å²) in [7, 11) is 0. The van der Waals surface area contributed by atoms with Crippen LogP contribution in [0.4, 0.5) is 4.79 Å². The normalized spacial score (nSPS) is 14.9. The average molecular weight is 254 g/mol. The van der Waals surface area contributed by atoms with Gasteiger partial charge >= 0.3 is 12.0 Å². The molecule has 1 aliphatic heterocycles. The lowest BCUT2D eigenvalue weighted by Crippen LogP contribution is -2.47. The molecule has 0 radical (unpaired) electrons. The van der Waals surface area contributed by atoms with E-state index in [2.05, 4.69) is 6.08 Å². The quantitative estimate of drug-likeness (QED) is 0.763. The van der Waals surface area contributed by atoms with Crippen molar-refractivity contribution in [3.8, 4) is 0 Å². The molecule has 1 heterocycles. The summed E-state index contributed by atoms with van der Waals surface area (Å²) < 4.78 is 0. The first-order valence-electron chi connectivity index (χ1n) is 6.44. The van der Waals surface area contributed by atoms with Gasteiger partial charge < -0.3 is 14.9 Å². The zero-order valence-electron chi connectivity index (χ0n) is 11.1. The Labute approximate surface area is 108 Å². The maximum atomic E-state index is 12.3. The highest BCUT2D eigenvalue weighted by molar-refractivity contribution is 5.75. The van der Waals surface area contributed by atoms with Gasteiger partial charge in [0, 0.05) is 32.1 Å². The molecule has 1 N–H and O–H groups in total. The molecule has 102 valence electrons. The van der Waals surface area contributed by atoms with E-state index in [0.717, 1.165) is 13.0 Å². The molecule has 5 heteroatoms. The Kier molecular flexibility index (Phi) is 5.68. The number of urea groups is 1. The number of carbonyl (C=O) groups excluding carboxylic acids is 1. The number of carboxylic acids is 1. The summed E-state index contributed by atoms with van der Waals surface area (Å²) in [5.41, 5.74) is 0. The van der Waals surface area contributed by atoms with Gasteiger partial charge in [0.2, 0.25) is 0 Å². The molecule has 0 bridgehead atoms. The molecule has 1 aliphatic rings. The molecule has 0 aromatic heterocycles. The summed E-state index contributed by atoms with van der Waals surface area (Å²) in [4.78, 5) is 26.3. The van der Waals surface area contributed by atoms with Crippen LogP contribution in [0.25, 0.3) is 0 Å². The van der Waals surface area contributed by atoms with E-state index < -0.39 is 5.97 Å². The largest absolute Gasteiger partial charge is 0.481 e. The second-order valence-electron chi connectivity index (χ2n) is 4.77. The van der Waals surface area contributed by atoms with Crippen LogP contribution in [0.5, 0.6) is 0 Å². The third-order valence-corrected chi connectivity index (χ3v) is 2.99. The molecular weight excluding hydrogens is 232 g/mol. The fourth-order valence-corrected chi connectivity index (χ4v) is 1.97. The van der Waals surface area contributed by atoms with Crippen molar-refractivity contribution in [1.82, 2.24) is 9.80 Å². The highest BCUT2D eigenvalue weighted by Crippen LogP contribution is 2.10. The molecule has 0 aromatic rings. The zero-order valence-corrected chi connectivity index (χ0v) is 11.1. The van der Waals surface area contributed by atoms with Gasteiger partial charge in [-0.05, 0) is 26.7 Å². The number of hydrogen-bond donors (Lipinski definition) is 1. The predicted octanol–water partition coefficient (Wildman–Crippen LogP) is 1.94. The van der Waals surface area contributed by atoms with Crippen LogP contribution >= 0.6 is 0 Å². The van der Waals surface area contributed by atoms with Crippen molar-refractivity contribution < 1.29 is 14.7 Å². The van der Waals surface area contributed by atoms with E-state index in [-0.39, 0.29) is 18.5 Å². The molecule has 0 aromatic carbocycles. The molecular formula is C13H22N2O3. The Bertz CT molecular complexity index is 326. The molecule has 18 heavy (non-hydrogen) atoms. The van der Waals surface area contributed by atoms with Crippen molar-refractivity contribution in [3.05, 3.63) is 12.2 Å². The van der Waals surface area contributed by atoms with E-state index in [1.54, 1.807) is 9.80 Å². The van der Waals surface area contributed by atoms with Gasteiger partial charge in [-0.1, -0.05) is 12.2 Å². The van der Waals surface area contributed by atoms with Crippen LogP contribution in [0.15, 0.2) is 12.2 Å². The Morgan fingerprint density at radius 3 is 2.61 bits per heavy atom.